The quantitative estimate of drug-likeness (QED) is 0.103. The number of fused-ring (bicyclic) bond motifs is 20. The molecule has 5 heterocycles. The van der Waals surface area contributed by atoms with Crippen LogP contribution >= 0.6 is 0 Å². The van der Waals surface area contributed by atoms with Crippen LogP contribution in [0.2, 0.25) is 0 Å². The van der Waals surface area contributed by atoms with Crippen LogP contribution in [0.1, 0.15) is 0 Å². The lowest BCUT2D eigenvalue weighted by molar-refractivity contribution is 1.40. The fraction of sp³-hybridized carbons (Fsp3) is 0. The van der Waals surface area contributed by atoms with Crippen LogP contribution < -0.4 is 22.9 Å². The van der Waals surface area contributed by atoms with Crippen molar-refractivity contribution in [2.45, 2.75) is 0 Å². The summed E-state index contributed by atoms with van der Waals surface area (Å²) in [5.74, 6) is 0. The molecule has 0 unspecified atom stereocenters. The lowest BCUT2D eigenvalue weighted by Gasteiger charge is -2.01. The first-order valence-electron chi connectivity index (χ1n) is 14.3. The van der Waals surface area contributed by atoms with Crippen molar-refractivity contribution in [3.05, 3.63) is 97.1 Å². The number of hydrogen-bond acceptors (Lipinski definition) is 6. The number of anilines is 4. The molecule has 8 heteroatoms. The Morgan fingerprint density at radius 3 is 1.11 bits per heavy atom. The zero-order valence-electron chi connectivity index (χ0n) is 23.4. The van der Waals surface area contributed by atoms with Gasteiger partial charge in [-0.3, -0.25) is 0 Å². The van der Waals surface area contributed by atoms with Crippen LogP contribution in [0, 0.1) is 0 Å². The molecule has 0 spiro atoms. The minimum absolute atomic E-state index is 0.676. The number of rotatable bonds is 0. The Hall–Kier alpha value is -6.28. The summed E-state index contributed by atoms with van der Waals surface area (Å²) in [5, 5.41) is 4.05. The van der Waals surface area contributed by atoms with Gasteiger partial charge in [0.1, 0.15) is 0 Å². The van der Waals surface area contributed by atoms with E-state index in [1.807, 2.05) is 72.8 Å². The maximum Gasteiger partial charge on any atom is 0.0738 e. The van der Waals surface area contributed by atoms with Gasteiger partial charge in [0, 0.05) is 88.6 Å². The number of hydrogen-bond donors (Lipinski definition) is 6. The van der Waals surface area contributed by atoms with Gasteiger partial charge in [0.25, 0.3) is 0 Å². The van der Waals surface area contributed by atoms with Crippen LogP contribution in [0.4, 0.5) is 22.7 Å². The van der Waals surface area contributed by atoms with E-state index in [0.29, 0.717) is 22.7 Å². The molecule has 0 saturated carbocycles. The first kappa shape index (κ1) is 24.3. The molecule has 8 nitrogen and oxygen atoms in total. The number of H-pyrrole nitrogens is 2. The zero-order chi connectivity index (χ0) is 29.7. The smallest absolute Gasteiger partial charge is 0.0738 e. The van der Waals surface area contributed by atoms with E-state index < -0.39 is 0 Å². The third kappa shape index (κ3) is 3.58. The topological polar surface area (TPSA) is 161 Å². The Morgan fingerprint density at radius 2 is 0.682 bits per heavy atom. The Kier molecular flexibility index (Phi) is 4.77. The molecule has 2 aliphatic rings. The van der Waals surface area contributed by atoms with Crippen molar-refractivity contribution in [3.8, 4) is 45.0 Å². The van der Waals surface area contributed by atoms with Crippen LogP contribution in [0.3, 0.4) is 0 Å². The summed E-state index contributed by atoms with van der Waals surface area (Å²) in [6.45, 7) is 0. The molecule has 8 bridgehead atoms. The molecule has 9 rings (SSSR count). The summed E-state index contributed by atoms with van der Waals surface area (Å²) in [6, 6.07) is 32.0. The standard InChI is InChI=1S/C36H26N8/c37-17-1-5-21-25(9-17)33-14-30-23-7-3-19(39)11-27(23)35(43-30)16-32-24-8-4-20(40)12-28(24)36(44-32)15-31-22-6-2-18(38)10-26(22)34(42-31)13-29(21)41-33/h1-16,41,44H,37-40H2. The summed E-state index contributed by atoms with van der Waals surface area (Å²) in [6.07, 6.45) is 0. The van der Waals surface area contributed by atoms with E-state index in [2.05, 4.69) is 34.2 Å². The predicted molar refractivity (Wildman–Crippen MR) is 183 cm³/mol. The van der Waals surface area contributed by atoms with Crippen LogP contribution in [-0.4, -0.2) is 19.9 Å². The average Bonchev–Trinajstić information content (AvgIpc) is 3.71. The molecule has 7 aromatic rings. The third-order valence-electron chi connectivity index (χ3n) is 8.58. The minimum Gasteiger partial charge on any atom is -0.399 e. The highest BCUT2D eigenvalue weighted by Gasteiger charge is 2.20. The number of nitrogens with zero attached hydrogens (tertiary/aromatic N) is 2. The Bertz CT molecular complexity index is 2380. The van der Waals surface area contributed by atoms with Gasteiger partial charge in [-0.25, -0.2) is 9.97 Å². The Labute approximate surface area is 251 Å². The van der Waals surface area contributed by atoms with Gasteiger partial charge in [0.05, 0.1) is 22.8 Å². The van der Waals surface area contributed by atoms with Crippen LogP contribution in [-0.2, 0) is 0 Å². The molecule has 0 aliphatic carbocycles. The number of nitrogens with one attached hydrogen (secondary N) is 2. The van der Waals surface area contributed by atoms with Gasteiger partial charge in [-0.1, -0.05) is 24.3 Å². The monoisotopic (exact) mass is 570 g/mol. The van der Waals surface area contributed by atoms with Crippen LogP contribution in [0.15, 0.2) is 97.1 Å². The van der Waals surface area contributed by atoms with E-state index in [-0.39, 0.29) is 0 Å². The predicted octanol–water partition coefficient (Wildman–Crippen LogP) is 7.62. The van der Waals surface area contributed by atoms with Gasteiger partial charge < -0.3 is 32.9 Å². The van der Waals surface area contributed by atoms with Gasteiger partial charge in [0.15, 0.2) is 0 Å². The average molecular weight is 571 g/mol. The maximum atomic E-state index is 6.28. The van der Waals surface area contributed by atoms with Crippen molar-refractivity contribution in [3.63, 3.8) is 0 Å². The largest absolute Gasteiger partial charge is 0.399 e. The van der Waals surface area contributed by atoms with E-state index in [1.54, 1.807) is 0 Å². The normalized spacial score (nSPS) is 12.0. The molecule has 10 N–H and O–H groups in total. The molecule has 0 fully saturated rings. The molecule has 0 radical (unpaired) electrons. The van der Waals surface area contributed by atoms with Gasteiger partial charge in [-0.05, 0) is 72.8 Å². The van der Waals surface area contributed by atoms with Crippen molar-refractivity contribution >= 4 is 66.4 Å². The van der Waals surface area contributed by atoms with Crippen LogP contribution in [0.5, 0.6) is 0 Å². The molecule has 210 valence electrons. The first-order chi connectivity index (χ1) is 21.4. The van der Waals surface area contributed by atoms with Gasteiger partial charge >= 0.3 is 0 Å². The molecule has 0 saturated heterocycles. The highest BCUT2D eigenvalue weighted by atomic mass is 14.8. The van der Waals surface area contributed by atoms with E-state index >= 15 is 0 Å². The van der Waals surface area contributed by atoms with Crippen molar-refractivity contribution < 1.29 is 0 Å². The second kappa shape index (κ2) is 8.62. The highest BCUT2D eigenvalue weighted by molar-refractivity contribution is 6.11. The summed E-state index contributed by atoms with van der Waals surface area (Å²) >= 11 is 0. The Morgan fingerprint density at radius 1 is 0.341 bits per heavy atom. The molecule has 4 aromatic carbocycles. The summed E-state index contributed by atoms with van der Waals surface area (Å²) in [7, 11) is 0. The summed E-state index contributed by atoms with van der Waals surface area (Å²) in [5.41, 5.74) is 38.7. The van der Waals surface area contributed by atoms with Crippen molar-refractivity contribution in [2.75, 3.05) is 22.9 Å². The molecule has 44 heavy (non-hydrogen) atoms. The van der Waals surface area contributed by atoms with Gasteiger partial charge in [-0.15, -0.1) is 0 Å². The zero-order valence-corrected chi connectivity index (χ0v) is 23.4. The van der Waals surface area contributed by atoms with E-state index in [1.165, 1.54) is 0 Å². The van der Waals surface area contributed by atoms with Crippen molar-refractivity contribution in [1.82, 2.24) is 19.9 Å². The SMILES string of the molecule is Nc1ccc2c(c1)-c1cc3[nH]c(cc4nc(cc5[nH]c(cc-2n1)c1cc(N)ccc51)-c1cc(N)ccc1-4)c1cc(N)ccc31. The molecule has 2 aliphatic heterocycles. The number of nitrogen functional groups attached to an aromatic ring is 4. The number of aromatic amines is 2. The van der Waals surface area contributed by atoms with E-state index in [0.717, 1.165) is 88.6 Å². The van der Waals surface area contributed by atoms with E-state index in [9.17, 15) is 0 Å². The molecular weight excluding hydrogens is 544 g/mol. The number of nitrogens with two attached hydrogens (primary N) is 4. The Balaban J connectivity index is 1.51. The van der Waals surface area contributed by atoms with Gasteiger partial charge in [0.2, 0.25) is 0 Å². The number of aromatic nitrogens is 4. The highest BCUT2D eigenvalue weighted by Crippen LogP contribution is 2.41. The summed E-state index contributed by atoms with van der Waals surface area (Å²) in [4.78, 5) is 17.6. The fourth-order valence-corrected chi connectivity index (χ4v) is 6.54. The molecular formula is C36H26N8. The number of benzene rings is 4. The molecule has 3 aromatic heterocycles. The fourth-order valence-electron chi connectivity index (χ4n) is 6.54. The molecule has 0 atom stereocenters. The first-order valence-corrected chi connectivity index (χ1v) is 14.3. The maximum absolute atomic E-state index is 6.28. The second-order valence-electron chi connectivity index (χ2n) is 11.5. The lowest BCUT2D eigenvalue weighted by Crippen LogP contribution is -1.85. The van der Waals surface area contributed by atoms with Crippen molar-refractivity contribution in [1.29, 1.82) is 0 Å². The minimum atomic E-state index is 0.676. The third-order valence-corrected chi connectivity index (χ3v) is 8.58. The molecule has 0 amide bonds. The summed E-state index contributed by atoms with van der Waals surface area (Å²) < 4.78 is 0. The van der Waals surface area contributed by atoms with Crippen LogP contribution in [0.25, 0.3) is 88.6 Å². The van der Waals surface area contributed by atoms with Crippen molar-refractivity contribution in [2.24, 2.45) is 0 Å². The van der Waals surface area contributed by atoms with E-state index in [4.69, 9.17) is 32.9 Å². The lowest BCUT2D eigenvalue weighted by atomic mass is 10.0. The van der Waals surface area contributed by atoms with Gasteiger partial charge in [-0.2, -0.15) is 0 Å². The second-order valence-corrected chi connectivity index (χ2v) is 11.5.